The summed E-state index contributed by atoms with van der Waals surface area (Å²) in [6.45, 7) is 7.83. The van der Waals surface area contributed by atoms with E-state index >= 15 is 0 Å². The summed E-state index contributed by atoms with van der Waals surface area (Å²) >= 11 is 0. The molecule has 1 atom stereocenters. The van der Waals surface area contributed by atoms with Crippen LogP contribution in [0.5, 0.6) is 0 Å². The Morgan fingerprint density at radius 2 is 1.69 bits per heavy atom. The molecule has 1 N–H and O–H groups in total. The quantitative estimate of drug-likeness (QED) is 0.738. The first-order valence-electron chi connectivity index (χ1n) is 5.76. The lowest BCUT2D eigenvalue weighted by atomic mass is 10.0. The molecular weight excluding hydrogens is 228 g/mol. The maximum absolute atomic E-state index is 11.2. The summed E-state index contributed by atoms with van der Waals surface area (Å²) in [6, 6.07) is 0. The third-order valence-corrected chi connectivity index (χ3v) is 2.61. The summed E-state index contributed by atoms with van der Waals surface area (Å²) in [7, 11) is -3.92. The van der Waals surface area contributed by atoms with E-state index in [1.165, 1.54) is 6.42 Å². The van der Waals surface area contributed by atoms with Crippen molar-refractivity contribution in [1.29, 1.82) is 0 Å². The van der Waals surface area contributed by atoms with E-state index in [0.29, 0.717) is 6.42 Å². The molecule has 0 heterocycles. The number of hydrogen-bond acceptors (Lipinski definition) is 3. The highest BCUT2D eigenvalue weighted by Gasteiger charge is 2.14. The van der Waals surface area contributed by atoms with Gasteiger partial charge in [0.15, 0.2) is 0 Å². The van der Waals surface area contributed by atoms with Crippen molar-refractivity contribution in [2.75, 3.05) is 5.75 Å². The summed E-state index contributed by atoms with van der Waals surface area (Å²) in [5.74, 6) is -0.545. The maximum atomic E-state index is 11.2. The average Bonchev–Trinajstić information content (AvgIpc) is 2.14. The second-order valence-corrected chi connectivity index (χ2v) is 5.47. The van der Waals surface area contributed by atoms with Crippen LogP contribution in [0.3, 0.4) is 0 Å². The Bertz CT molecular complexity index is 270. The van der Waals surface area contributed by atoms with Crippen molar-refractivity contribution in [3.63, 3.8) is 0 Å². The molecule has 0 aromatic heterocycles. The van der Waals surface area contributed by atoms with Crippen molar-refractivity contribution in [2.45, 2.75) is 53.4 Å². The molecule has 0 aromatic carbocycles. The highest BCUT2D eigenvalue weighted by atomic mass is 32.2. The molecule has 0 radical (unpaired) electrons. The summed E-state index contributed by atoms with van der Waals surface area (Å²) in [6.07, 6.45) is 2.71. The van der Waals surface area contributed by atoms with Crippen molar-refractivity contribution in [1.82, 2.24) is 0 Å². The summed E-state index contributed by atoms with van der Waals surface area (Å²) < 4.78 is 29.2. The fourth-order valence-corrected chi connectivity index (χ4v) is 1.63. The molecule has 0 amide bonds. The van der Waals surface area contributed by atoms with Gasteiger partial charge in [-0.15, -0.1) is 0 Å². The van der Waals surface area contributed by atoms with Crippen LogP contribution in [0.2, 0.25) is 0 Å². The van der Waals surface area contributed by atoms with Crippen molar-refractivity contribution >= 4 is 15.9 Å². The highest BCUT2D eigenvalue weighted by molar-refractivity contribution is 7.85. The van der Waals surface area contributed by atoms with Gasteiger partial charge >= 0.3 is 0 Å². The Balaban J connectivity index is 0. The van der Waals surface area contributed by atoms with Crippen LogP contribution in [-0.4, -0.2) is 24.5 Å². The number of hydrogen-bond donors (Lipinski definition) is 1. The summed E-state index contributed by atoms with van der Waals surface area (Å²) in [4.78, 5) is 11.2. The van der Waals surface area contributed by atoms with Crippen molar-refractivity contribution in [2.24, 2.45) is 5.92 Å². The van der Waals surface area contributed by atoms with Crippen molar-refractivity contribution < 1.29 is 17.8 Å². The normalized spacial score (nSPS) is 12.6. The van der Waals surface area contributed by atoms with Gasteiger partial charge in [-0.25, -0.2) is 0 Å². The number of rotatable bonds is 6. The molecule has 0 aromatic rings. The largest absolute Gasteiger partial charge is 0.299 e. The van der Waals surface area contributed by atoms with Gasteiger partial charge < -0.3 is 0 Å². The molecular formula is C11H24O4S. The Kier molecular flexibility index (Phi) is 11.0. The second-order valence-electron chi connectivity index (χ2n) is 3.90. The second kappa shape index (κ2) is 9.78. The summed E-state index contributed by atoms with van der Waals surface area (Å²) in [5.41, 5.74) is 0. The molecule has 0 saturated heterocycles. The molecule has 4 nitrogen and oxygen atoms in total. The molecule has 0 spiro atoms. The highest BCUT2D eigenvalue weighted by Crippen LogP contribution is 2.08. The monoisotopic (exact) mass is 252 g/mol. The van der Waals surface area contributed by atoms with Gasteiger partial charge in [0.1, 0.15) is 5.78 Å². The maximum Gasteiger partial charge on any atom is 0.264 e. The third-order valence-electron chi connectivity index (χ3n) is 1.85. The van der Waals surface area contributed by atoms with Crippen LogP contribution < -0.4 is 0 Å². The predicted molar refractivity (Wildman–Crippen MR) is 66.1 cm³/mol. The zero-order valence-electron chi connectivity index (χ0n) is 10.7. The molecule has 98 valence electrons. The minimum atomic E-state index is -3.92. The summed E-state index contributed by atoms with van der Waals surface area (Å²) in [5, 5.41) is 0. The number of Topliss-reactive ketones (excluding diaryl/α,β-unsaturated/α-hetero) is 1. The topological polar surface area (TPSA) is 71.4 Å². The van der Waals surface area contributed by atoms with Gasteiger partial charge in [-0.3, -0.25) is 9.35 Å². The SMILES string of the molecule is CCC.CCCC(=O)C(C)CCS(=O)(=O)O. The van der Waals surface area contributed by atoms with Crippen LogP contribution in [0, 0.1) is 5.92 Å². The predicted octanol–water partition coefficient (Wildman–Crippen LogP) is 2.69. The lowest BCUT2D eigenvalue weighted by Gasteiger charge is -2.07. The molecule has 16 heavy (non-hydrogen) atoms. The minimum Gasteiger partial charge on any atom is -0.299 e. The van der Waals surface area contributed by atoms with E-state index in [9.17, 15) is 13.2 Å². The fourth-order valence-electron chi connectivity index (χ4n) is 0.979. The van der Waals surface area contributed by atoms with E-state index in [4.69, 9.17) is 4.55 Å². The number of carbonyl (C=O) groups excluding carboxylic acids is 1. The van der Waals surface area contributed by atoms with Gasteiger partial charge in [0, 0.05) is 12.3 Å². The number of ketones is 1. The molecule has 0 aliphatic rings. The van der Waals surface area contributed by atoms with Crippen LogP contribution in [0.25, 0.3) is 0 Å². The molecule has 0 fully saturated rings. The Hall–Kier alpha value is -0.420. The van der Waals surface area contributed by atoms with E-state index in [1.807, 2.05) is 6.92 Å². The van der Waals surface area contributed by atoms with Crippen molar-refractivity contribution in [3.05, 3.63) is 0 Å². The first-order valence-corrected chi connectivity index (χ1v) is 7.37. The molecule has 0 saturated carbocycles. The third kappa shape index (κ3) is 13.6. The first kappa shape index (κ1) is 18.0. The Morgan fingerprint density at radius 1 is 1.25 bits per heavy atom. The molecule has 0 bridgehead atoms. The van der Waals surface area contributed by atoms with Gasteiger partial charge in [0.2, 0.25) is 0 Å². The van der Waals surface area contributed by atoms with Gasteiger partial charge in [0.25, 0.3) is 10.1 Å². The van der Waals surface area contributed by atoms with Crippen LogP contribution in [0.4, 0.5) is 0 Å². The van der Waals surface area contributed by atoms with Crippen LogP contribution in [0.1, 0.15) is 53.4 Å². The van der Waals surface area contributed by atoms with Gasteiger partial charge in [0.05, 0.1) is 5.75 Å². The van der Waals surface area contributed by atoms with Crippen LogP contribution in [0.15, 0.2) is 0 Å². The first-order chi connectivity index (χ1) is 7.28. The standard InChI is InChI=1S/C8H16O4S.C3H8/c1-3-4-8(9)7(2)5-6-13(10,11)12;1-3-2/h7H,3-6H2,1-2H3,(H,10,11,12);3H2,1-2H3. The zero-order chi connectivity index (χ0) is 13.2. The smallest absolute Gasteiger partial charge is 0.264 e. The van der Waals surface area contributed by atoms with Gasteiger partial charge in [-0.05, 0) is 12.8 Å². The average molecular weight is 252 g/mol. The van der Waals surface area contributed by atoms with Crippen molar-refractivity contribution in [3.8, 4) is 0 Å². The molecule has 0 aliphatic heterocycles. The minimum absolute atomic E-state index is 0.0613. The van der Waals surface area contributed by atoms with E-state index in [-0.39, 0.29) is 23.9 Å². The van der Waals surface area contributed by atoms with E-state index < -0.39 is 10.1 Å². The van der Waals surface area contributed by atoms with Gasteiger partial charge in [-0.2, -0.15) is 8.42 Å². The lowest BCUT2D eigenvalue weighted by molar-refractivity contribution is -0.122. The fraction of sp³-hybridized carbons (Fsp3) is 0.909. The van der Waals surface area contributed by atoms with E-state index in [0.717, 1.165) is 6.42 Å². The lowest BCUT2D eigenvalue weighted by Crippen LogP contribution is -2.15. The van der Waals surface area contributed by atoms with E-state index in [2.05, 4.69) is 13.8 Å². The molecule has 0 aliphatic carbocycles. The Labute approximate surface area is 99.2 Å². The zero-order valence-corrected chi connectivity index (χ0v) is 11.5. The molecule has 1 unspecified atom stereocenters. The Morgan fingerprint density at radius 3 is 2.00 bits per heavy atom. The van der Waals surface area contributed by atoms with Gasteiger partial charge in [-0.1, -0.05) is 34.1 Å². The van der Waals surface area contributed by atoms with Crippen LogP contribution >= 0.6 is 0 Å². The molecule has 5 heteroatoms. The molecule has 0 rings (SSSR count). The van der Waals surface area contributed by atoms with E-state index in [1.54, 1.807) is 6.92 Å². The number of carbonyl (C=O) groups is 1. The van der Waals surface area contributed by atoms with Crippen LogP contribution in [-0.2, 0) is 14.9 Å².